The minimum absolute atomic E-state index is 0.0264. The SMILES string of the molecule is CN(CCC1CCN(Cc2ccccc2)CC1)C(=O)c1ccco1. The summed E-state index contributed by atoms with van der Waals surface area (Å²) in [6.45, 7) is 4.14. The Morgan fingerprint density at radius 2 is 1.92 bits per heavy atom. The predicted octanol–water partition coefficient (Wildman–Crippen LogP) is 3.65. The highest BCUT2D eigenvalue weighted by molar-refractivity contribution is 5.91. The first-order chi connectivity index (χ1) is 11.7. The molecule has 1 fully saturated rings. The van der Waals surface area contributed by atoms with Gasteiger partial charge >= 0.3 is 0 Å². The van der Waals surface area contributed by atoms with Crippen LogP contribution in [0.1, 0.15) is 35.4 Å². The first-order valence-electron chi connectivity index (χ1n) is 8.77. The van der Waals surface area contributed by atoms with Crippen molar-refractivity contribution in [3.63, 3.8) is 0 Å². The highest BCUT2D eigenvalue weighted by Gasteiger charge is 2.21. The summed E-state index contributed by atoms with van der Waals surface area (Å²) in [5, 5.41) is 0. The van der Waals surface area contributed by atoms with Gasteiger partial charge in [-0.1, -0.05) is 30.3 Å². The summed E-state index contributed by atoms with van der Waals surface area (Å²) >= 11 is 0. The van der Waals surface area contributed by atoms with Gasteiger partial charge < -0.3 is 9.32 Å². The van der Waals surface area contributed by atoms with Gasteiger partial charge in [0.2, 0.25) is 0 Å². The molecule has 4 heteroatoms. The molecule has 1 amide bonds. The van der Waals surface area contributed by atoms with E-state index in [0.717, 1.165) is 32.6 Å². The Balaban J connectivity index is 1.38. The second-order valence-corrected chi connectivity index (χ2v) is 6.70. The van der Waals surface area contributed by atoms with E-state index in [1.54, 1.807) is 23.3 Å². The molecule has 0 aliphatic carbocycles. The summed E-state index contributed by atoms with van der Waals surface area (Å²) in [5.74, 6) is 1.11. The Kier molecular flexibility index (Phi) is 5.70. The van der Waals surface area contributed by atoms with E-state index in [2.05, 4.69) is 35.2 Å². The van der Waals surface area contributed by atoms with Crippen molar-refractivity contribution in [2.45, 2.75) is 25.8 Å². The maximum atomic E-state index is 12.2. The van der Waals surface area contributed by atoms with Gasteiger partial charge in [-0.3, -0.25) is 9.69 Å². The van der Waals surface area contributed by atoms with Gasteiger partial charge in [0.25, 0.3) is 5.91 Å². The maximum Gasteiger partial charge on any atom is 0.289 e. The monoisotopic (exact) mass is 326 g/mol. The van der Waals surface area contributed by atoms with Gasteiger partial charge in [0, 0.05) is 20.1 Å². The van der Waals surface area contributed by atoms with E-state index >= 15 is 0 Å². The van der Waals surface area contributed by atoms with E-state index in [1.807, 2.05) is 7.05 Å². The third kappa shape index (κ3) is 4.48. The summed E-state index contributed by atoms with van der Waals surface area (Å²) in [7, 11) is 1.86. The number of hydrogen-bond acceptors (Lipinski definition) is 3. The number of carbonyl (C=O) groups is 1. The lowest BCUT2D eigenvalue weighted by Gasteiger charge is -2.32. The number of amides is 1. The lowest BCUT2D eigenvalue weighted by Crippen LogP contribution is -2.35. The molecule has 2 heterocycles. The molecule has 1 aromatic carbocycles. The van der Waals surface area contributed by atoms with Crippen LogP contribution in [0.5, 0.6) is 0 Å². The molecule has 1 aliphatic heterocycles. The van der Waals surface area contributed by atoms with E-state index in [-0.39, 0.29) is 5.91 Å². The summed E-state index contributed by atoms with van der Waals surface area (Å²) < 4.78 is 5.18. The van der Waals surface area contributed by atoms with E-state index in [9.17, 15) is 4.79 Å². The van der Waals surface area contributed by atoms with Crippen molar-refractivity contribution in [3.05, 3.63) is 60.1 Å². The fraction of sp³-hybridized carbons (Fsp3) is 0.450. The Morgan fingerprint density at radius 3 is 2.58 bits per heavy atom. The maximum absolute atomic E-state index is 12.2. The molecular formula is C20H26N2O2. The molecule has 0 N–H and O–H groups in total. The van der Waals surface area contributed by atoms with Crippen LogP contribution in [-0.2, 0) is 6.54 Å². The van der Waals surface area contributed by atoms with Crippen molar-refractivity contribution in [2.24, 2.45) is 5.92 Å². The number of piperidine rings is 1. The number of nitrogens with zero attached hydrogens (tertiary/aromatic N) is 2. The predicted molar refractivity (Wildman–Crippen MR) is 94.7 cm³/mol. The van der Waals surface area contributed by atoms with Crippen molar-refractivity contribution >= 4 is 5.91 Å². The van der Waals surface area contributed by atoms with Crippen LogP contribution in [-0.4, -0.2) is 42.4 Å². The first-order valence-corrected chi connectivity index (χ1v) is 8.77. The van der Waals surface area contributed by atoms with Gasteiger partial charge in [0.1, 0.15) is 0 Å². The van der Waals surface area contributed by atoms with Crippen LogP contribution < -0.4 is 0 Å². The standard InChI is InChI=1S/C20H26N2O2/c1-21(20(23)19-8-5-15-24-19)12-9-17-10-13-22(14-11-17)16-18-6-3-2-4-7-18/h2-8,15,17H,9-14,16H2,1H3. The van der Waals surface area contributed by atoms with Crippen molar-refractivity contribution in [2.75, 3.05) is 26.7 Å². The second kappa shape index (κ2) is 8.15. The second-order valence-electron chi connectivity index (χ2n) is 6.70. The molecule has 2 aromatic rings. The topological polar surface area (TPSA) is 36.7 Å². The van der Waals surface area contributed by atoms with Gasteiger partial charge in [-0.25, -0.2) is 0 Å². The van der Waals surface area contributed by atoms with Crippen LogP contribution in [0.2, 0.25) is 0 Å². The molecule has 4 nitrogen and oxygen atoms in total. The molecular weight excluding hydrogens is 300 g/mol. The normalized spacial score (nSPS) is 16.2. The van der Waals surface area contributed by atoms with Crippen LogP contribution in [0.15, 0.2) is 53.1 Å². The quantitative estimate of drug-likeness (QED) is 0.813. The third-order valence-corrected chi connectivity index (χ3v) is 4.91. The zero-order valence-corrected chi connectivity index (χ0v) is 14.4. The molecule has 24 heavy (non-hydrogen) atoms. The highest BCUT2D eigenvalue weighted by atomic mass is 16.3. The van der Waals surface area contributed by atoms with Gasteiger partial charge in [-0.15, -0.1) is 0 Å². The van der Waals surface area contributed by atoms with Gasteiger partial charge in [0.15, 0.2) is 5.76 Å². The van der Waals surface area contributed by atoms with Crippen LogP contribution >= 0.6 is 0 Å². The Labute approximate surface area is 144 Å². The molecule has 0 radical (unpaired) electrons. The summed E-state index contributed by atoms with van der Waals surface area (Å²) in [5.41, 5.74) is 1.39. The summed E-state index contributed by atoms with van der Waals surface area (Å²) in [6, 6.07) is 14.1. The molecule has 0 saturated carbocycles. The van der Waals surface area contributed by atoms with Crippen molar-refractivity contribution in [3.8, 4) is 0 Å². The van der Waals surface area contributed by atoms with E-state index in [1.165, 1.54) is 18.4 Å². The molecule has 1 saturated heterocycles. The average molecular weight is 326 g/mol. The smallest absolute Gasteiger partial charge is 0.289 e. The number of carbonyl (C=O) groups excluding carboxylic acids is 1. The lowest BCUT2D eigenvalue weighted by molar-refractivity contribution is 0.0745. The van der Waals surface area contributed by atoms with Crippen LogP contribution in [0, 0.1) is 5.92 Å². The molecule has 0 spiro atoms. The van der Waals surface area contributed by atoms with Crippen molar-refractivity contribution in [1.29, 1.82) is 0 Å². The molecule has 0 bridgehead atoms. The molecule has 128 valence electrons. The van der Waals surface area contributed by atoms with Crippen LogP contribution in [0.25, 0.3) is 0 Å². The van der Waals surface area contributed by atoms with E-state index < -0.39 is 0 Å². The fourth-order valence-electron chi connectivity index (χ4n) is 3.34. The lowest BCUT2D eigenvalue weighted by atomic mass is 9.93. The largest absolute Gasteiger partial charge is 0.459 e. The average Bonchev–Trinajstić information content (AvgIpc) is 3.16. The first kappa shape index (κ1) is 16.8. The Hall–Kier alpha value is -2.07. The van der Waals surface area contributed by atoms with Crippen LogP contribution in [0.3, 0.4) is 0 Å². The fourth-order valence-corrected chi connectivity index (χ4v) is 3.34. The minimum Gasteiger partial charge on any atom is -0.459 e. The molecule has 1 aromatic heterocycles. The zero-order chi connectivity index (χ0) is 16.8. The van der Waals surface area contributed by atoms with E-state index in [0.29, 0.717) is 11.7 Å². The number of rotatable bonds is 6. The molecule has 0 unspecified atom stereocenters. The number of benzene rings is 1. The summed E-state index contributed by atoms with van der Waals surface area (Å²) in [4.78, 5) is 16.5. The number of likely N-dealkylation sites (tertiary alicyclic amines) is 1. The summed E-state index contributed by atoms with van der Waals surface area (Å²) in [6.07, 6.45) is 5.05. The van der Waals surface area contributed by atoms with Gasteiger partial charge in [0.05, 0.1) is 6.26 Å². The number of furan rings is 1. The third-order valence-electron chi connectivity index (χ3n) is 4.91. The highest BCUT2D eigenvalue weighted by Crippen LogP contribution is 2.22. The Morgan fingerprint density at radius 1 is 1.17 bits per heavy atom. The number of hydrogen-bond donors (Lipinski definition) is 0. The molecule has 3 rings (SSSR count). The van der Waals surface area contributed by atoms with Crippen molar-refractivity contribution < 1.29 is 9.21 Å². The zero-order valence-electron chi connectivity index (χ0n) is 14.4. The minimum atomic E-state index is -0.0264. The Bertz CT molecular complexity index is 616. The van der Waals surface area contributed by atoms with Gasteiger partial charge in [-0.05, 0) is 56.0 Å². The van der Waals surface area contributed by atoms with Gasteiger partial charge in [-0.2, -0.15) is 0 Å². The van der Waals surface area contributed by atoms with Crippen LogP contribution in [0.4, 0.5) is 0 Å². The van der Waals surface area contributed by atoms with Crippen molar-refractivity contribution in [1.82, 2.24) is 9.80 Å². The molecule has 1 aliphatic rings. The molecule has 0 atom stereocenters. The van der Waals surface area contributed by atoms with E-state index in [4.69, 9.17) is 4.42 Å².